The summed E-state index contributed by atoms with van der Waals surface area (Å²) in [6, 6.07) is 1.78. The van der Waals surface area contributed by atoms with E-state index < -0.39 is 6.10 Å². The number of ether oxygens (including phenoxy) is 1. The van der Waals surface area contributed by atoms with Crippen LogP contribution in [0.3, 0.4) is 0 Å². The molecule has 0 saturated heterocycles. The molecule has 20 heavy (non-hydrogen) atoms. The summed E-state index contributed by atoms with van der Waals surface area (Å²) >= 11 is 0. The standard InChI is InChI=1S/C16H26N2O2/c1-2-20-16(12-6-4-3-5-7-12)15(19)10-13-11-18-9-8-14(13)17/h8-9,11-12,15-16,19H,2-7,10H2,1H3,(H2,17,18). The van der Waals surface area contributed by atoms with Gasteiger partial charge < -0.3 is 15.6 Å². The highest BCUT2D eigenvalue weighted by Gasteiger charge is 2.30. The first-order chi connectivity index (χ1) is 9.72. The van der Waals surface area contributed by atoms with Gasteiger partial charge in [-0.1, -0.05) is 19.3 Å². The molecule has 1 aromatic rings. The number of anilines is 1. The van der Waals surface area contributed by atoms with Gasteiger partial charge in [-0.3, -0.25) is 4.98 Å². The number of pyridine rings is 1. The average molecular weight is 278 g/mol. The fourth-order valence-electron chi connectivity index (χ4n) is 3.17. The number of rotatable bonds is 6. The van der Waals surface area contributed by atoms with Crippen molar-refractivity contribution in [3.05, 3.63) is 24.0 Å². The van der Waals surface area contributed by atoms with Crippen molar-refractivity contribution in [2.24, 2.45) is 5.92 Å². The van der Waals surface area contributed by atoms with E-state index in [9.17, 15) is 5.11 Å². The van der Waals surface area contributed by atoms with Gasteiger partial charge in [0.1, 0.15) is 0 Å². The molecular formula is C16H26N2O2. The Bertz CT molecular complexity index is 405. The zero-order chi connectivity index (χ0) is 14.4. The number of nitrogens with zero attached hydrogens (tertiary/aromatic N) is 1. The summed E-state index contributed by atoms with van der Waals surface area (Å²) < 4.78 is 5.84. The van der Waals surface area contributed by atoms with Gasteiger partial charge in [0.25, 0.3) is 0 Å². The average Bonchev–Trinajstić information content (AvgIpc) is 2.48. The van der Waals surface area contributed by atoms with Gasteiger partial charge in [-0.15, -0.1) is 0 Å². The number of hydrogen-bond acceptors (Lipinski definition) is 4. The molecule has 1 heterocycles. The van der Waals surface area contributed by atoms with Crippen LogP contribution in [0.1, 0.15) is 44.6 Å². The van der Waals surface area contributed by atoms with Crippen LogP contribution in [0.15, 0.2) is 18.5 Å². The SMILES string of the molecule is CCOC(C(O)Cc1cnccc1N)C1CCCCC1. The Balaban J connectivity index is 2.02. The first-order valence-electron chi connectivity index (χ1n) is 7.70. The lowest BCUT2D eigenvalue weighted by Crippen LogP contribution is -2.38. The minimum absolute atomic E-state index is 0.0834. The molecule has 1 aliphatic rings. The van der Waals surface area contributed by atoms with Crippen LogP contribution in [0.5, 0.6) is 0 Å². The van der Waals surface area contributed by atoms with Crippen molar-refractivity contribution >= 4 is 5.69 Å². The molecule has 1 fully saturated rings. The second kappa shape index (κ2) is 7.60. The summed E-state index contributed by atoms with van der Waals surface area (Å²) in [4.78, 5) is 4.08. The Morgan fingerprint density at radius 2 is 2.15 bits per heavy atom. The predicted molar refractivity (Wildman–Crippen MR) is 80.3 cm³/mol. The Kier molecular flexibility index (Phi) is 5.80. The summed E-state index contributed by atoms with van der Waals surface area (Å²) in [6.07, 6.45) is 9.45. The topological polar surface area (TPSA) is 68.4 Å². The summed E-state index contributed by atoms with van der Waals surface area (Å²) in [6.45, 7) is 2.63. The molecule has 3 N–H and O–H groups in total. The fraction of sp³-hybridized carbons (Fsp3) is 0.688. The van der Waals surface area contributed by atoms with Crippen LogP contribution in [0, 0.1) is 5.92 Å². The minimum atomic E-state index is -0.510. The van der Waals surface area contributed by atoms with Crippen LogP contribution in [-0.4, -0.2) is 28.9 Å². The molecule has 0 radical (unpaired) electrons. The third kappa shape index (κ3) is 3.93. The molecule has 4 nitrogen and oxygen atoms in total. The normalized spacial score (nSPS) is 19.7. The van der Waals surface area contributed by atoms with E-state index in [1.54, 1.807) is 18.5 Å². The zero-order valence-electron chi connectivity index (χ0n) is 12.3. The number of hydrogen-bond donors (Lipinski definition) is 2. The highest BCUT2D eigenvalue weighted by atomic mass is 16.5. The molecule has 1 saturated carbocycles. The highest BCUT2D eigenvalue weighted by molar-refractivity contribution is 5.44. The van der Waals surface area contributed by atoms with Crippen LogP contribution in [0.25, 0.3) is 0 Å². The first-order valence-corrected chi connectivity index (χ1v) is 7.70. The fourth-order valence-corrected chi connectivity index (χ4v) is 3.17. The van der Waals surface area contributed by atoms with Crippen LogP contribution in [-0.2, 0) is 11.2 Å². The quantitative estimate of drug-likeness (QED) is 0.839. The Morgan fingerprint density at radius 1 is 1.40 bits per heavy atom. The number of nitrogen functional groups attached to an aromatic ring is 1. The van der Waals surface area contributed by atoms with Crippen LogP contribution < -0.4 is 5.73 Å². The lowest BCUT2D eigenvalue weighted by molar-refractivity contribution is -0.0715. The summed E-state index contributed by atoms with van der Waals surface area (Å²) in [5, 5.41) is 10.6. The Hall–Kier alpha value is -1.13. The number of nitrogens with two attached hydrogens (primary N) is 1. The van der Waals surface area contributed by atoms with Crippen LogP contribution in [0.2, 0.25) is 0 Å². The van der Waals surface area contributed by atoms with Crippen molar-refractivity contribution in [1.29, 1.82) is 0 Å². The molecule has 0 bridgehead atoms. The van der Waals surface area contributed by atoms with E-state index in [0.717, 1.165) is 18.4 Å². The molecule has 2 rings (SSSR count). The Labute approximate surface area is 121 Å². The monoisotopic (exact) mass is 278 g/mol. The summed E-state index contributed by atoms with van der Waals surface area (Å²) in [5.74, 6) is 0.469. The summed E-state index contributed by atoms with van der Waals surface area (Å²) in [7, 11) is 0. The van der Waals surface area contributed by atoms with Gasteiger partial charge in [-0.2, -0.15) is 0 Å². The van der Waals surface area contributed by atoms with Crippen molar-refractivity contribution in [3.8, 4) is 0 Å². The third-order valence-corrected chi connectivity index (χ3v) is 4.22. The molecule has 0 aliphatic heterocycles. The largest absolute Gasteiger partial charge is 0.398 e. The van der Waals surface area contributed by atoms with E-state index in [0.29, 0.717) is 24.6 Å². The lowest BCUT2D eigenvalue weighted by atomic mass is 9.82. The predicted octanol–water partition coefficient (Wildman–Crippen LogP) is 2.55. The molecule has 0 amide bonds. The lowest BCUT2D eigenvalue weighted by Gasteiger charge is -2.33. The van der Waals surface area contributed by atoms with Gasteiger partial charge in [0.2, 0.25) is 0 Å². The molecule has 2 atom stereocenters. The smallest absolute Gasteiger partial charge is 0.0865 e. The molecule has 1 aromatic heterocycles. The van der Waals surface area contributed by atoms with Gasteiger partial charge in [0.05, 0.1) is 12.2 Å². The van der Waals surface area contributed by atoms with E-state index >= 15 is 0 Å². The molecule has 112 valence electrons. The van der Waals surface area contributed by atoms with E-state index in [1.165, 1.54) is 19.3 Å². The molecule has 2 unspecified atom stereocenters. The number of aliphatic hydroxyl groups is 1. The van der Waals surface area contributed by atoms with Gasteiger partial charge in [-0.05, 0) is 37.3 Å². The second-order valence-electron chi connectivity index (χ2n) is 5.66. The van der Waals surface area contributed by atoms with Crippen molar-refractivity contribution in [1.82, 2.24) is 4.98 Å². The van der Waals surface area contributed by atoms with E-state index in [4.69, 9.17) is 10.5 Å². The Morgan fingerprint density at radius 3 is 2.80 bits per heavy atom. The zero-order valence-corrected chi connectivity index (χ0v) is 12.3. The number of aliphatic hydroxyl groups excluding tert-OH is 1. The van der Waals surface area contributed by atoms with Crippen LogP contribution >= 0.6 is 0 Å². The molecule has 0 spiro atoms. The second-order valence-corrected chi connectivity index (χ2v) is 5.66. The maximum Gasteiger partial charge on any atom is 0.0865 e. The molecular weight excluding hydrogens is 252 g/mol. The highest BCUT2D eigenvalue weighted by Crippen LogP contribution is 2.30. The third-order valence-electron chi connectivity index (χ3n) is 4.22. The van der Waals surface area contributed by atoms with Crippen molar-refractivity contribution in [2.75, 3.05) is 12.3 Å². The van der Waals surface area contributed by atoms with Gasteiger partial charge in [0.15, 0.2) is 0 Å². The van der Waals surface area contributed by atoms with Crippen LogP contribution in [0.4, 0.5) is 5.69 Å². The van der Waals surface area contributed by atoms with Gasteiger partial charge >= 0.3 is 0 Å². The minimum Gasteiger partial charge on any atom is -0.398 e. The molecule has 4 heteroatoms. The number of aromatic nitrogens is 1. The molecule has 1 aliphatic carbocycles. The van der Waals surface area contributed by atoms with Gasteiger partial charge in [0, 0.05) is 31.1 Å². The van der Waals surface area contributed by atoms with E-state index in [2.05, 4.69) is 4.98 Å². The summed E-state index contributed by atoms with van der Waals surface area (Å²) in [5.41, 5.74) is 7.53. The van der Waals surface area contributed by atoms with Crippen molar-refractivity contribution in [3.63, 3.8) is 0 Å². The molecule has 0 aromatic carbocycles. The first kappa shape index (κ1) is 15.3. The van der Waals surface area contributed by atoms with Crippen molar-refractivity contribution < 1.29 is 9.84 Å². The van der Waals surface area contributed by atoms with Crippen molar-refractivity contribution in [2.45, 2.75) is 57.7 Å². The van der Waals surface area contributed by atoms with E-state index in [-0.39, 0.29) is 6.10 Å². The van der Waals surface area contributed by atoms with Gasteiger partial charge in [-0.25, -0.2) is 0 Å². The van der Waals surface area contributed by atoms with E-state index in [1.807, 2.05) is 6.92 Å². The maximum atomic E-state index is 10.6. The maximum absolute atomic E-state index is 10.6.